The van der Waals surface area contributed by atoms with E-state index in [2.05, 4.69) is 0 Å². The summed E-state index contributed by atoms with van der Waals surface area (Å²) in [6.07, 6.45) is 0.536. The summed E-state index contributed by atoms with van der Waals surface area (Å²) >= 11 is 7.27. The van der Waals surface area contributed by atoms with E-state index < -0.39 is 11.2 Å². The lowest BCUT2D eigenvalue weighted by Gasteiger charge is -2.12. The van der Waals surface area contributed by atoms with Crippen LogP contribution in [0.15, 0.2) is 54.6 Å². The molecule has 2 aromatic rings. The first-order valence-corrected chi connectivity index (χ1v) is 7.70. The van der Waals surface area contributed by atoms with Gasteiger partial charge in [0.05, 0.1) is 0 Å². The van der Waals surface area contributed by atoms with E-state index in [0.717, 1.165) is 11.1 Å². The number of thioether (sulfide) groups is 1. The molecule has 0 bridgehead atoms. The molecular weight excluding hydrogens is 292 g/mol. The Morgan fingerprint density at radius 1 is 1.05 bits per heavy atom. The first-order valence-electron chi connectivity index (χ1n) is 6.28. The van der Waals surface area contributed by atoms with Gasteiger partial charge in [-0.05, 0) is 29.7 Å². The summed E-state index contributed by atoms with van der Waals surface area (Å²) in [5, 5.41) is 9.57. The standard InChI is InChI=1S/C16H15ClO2S/c17-14-8-6-13(7-9-14)11-20-15(16(18)19)10-12-4-2-1-3-5-12/h1-9,15H,10-11H2,(H,18,19). The Balaban J connectivity index is 1.96. The summed E-state index contributed by atoms with van der Waals surface area (Å²) < 4.78 is 0. The molecule has 1 atom stereocenters. The minimum Gasteiger partial charge on any atom is -0.480 e. The van der Waals surface area contributed by atoms with E-state index in [4.69, 9.17) is 11.6 Å². The molecule has 0 spiro atoms. The number of hydrogen-bond acceptors (Lipinski definition) is 2. The Morgan fingerprint density at radius 3 is 2.30 bits per heavy atom. The summed E-state index contributed by atoms with van der Waals surface area (Å²) in [6, 6.07) is 17.2. The highest BCUT2D eigenvalue weighted by Crippen LogP contribution is 2.22. The lowest BCUT2D eigenvalue weighted by atomic mass is 10.1. The van der Waals surface area contributed by atoms with Crippen LogP contribution in [0.2, 0.25) is 5.02 Å². The monoisotopic (exact) mass is 306 g/mol. The zero-order valence-electron chi connectivity index (χ0n) is 10.8. The molecule has 0 amide bonds. The Bertz CT molecular complexity index is 554. The first kappa shape index (κ1) is 14.9. The topological polar surface area (TPSA) is 37.3 Å². The van der Waals surface area contributed by atoms with Gasteiger partial charge in [0, 0.05) is 10.8 Å². The molecule has 0 aliphatic rings. The van der Waals surface area contributed by atoms with Gasteiger partial charge in [-0.15, -0.1) is 11.8 Å². The first-order chi connectivity index (χ1) is 9.65. The summed E-state index contributed by atoms with van der Waals surface area (Å²) in [5.41, 5.74) is 2.13. The van der Waals surface area contributed by atoms with Crippen molar-refractivity contribution in [2.45, 2.75) is 17.4 Å². The van der Waals surface area contributed by atoms with Gasteiger partial charge in [-0.1, -0.05) is 54.1 Å². The largest absolute Gasteiger partial charge is 0.480 e. The summed E-state index contributed by atoms with van der Waals surface area (Å²) in [6.45, 7) is 0. The number of carbonyl (C=O) groups is 1. The third-order valence-electron chi connectivity index (χ3n) is 2.90. The van der Waals surface area contributed by atoms with Crippen molar-refractivity contribution in [3.8, 4) is 0 Å². The van der Waals surface area contributed by atoms with E-state index >= 15 is 0 Å². The number of benzene rings is 2. The van der Waals surface area contributed by atoms with E-state index in [9.17, 15) is 9.90 Å². The number of carboxylic acid groups (broad SMARTS) is 1. The van der Waals surface area contributed by atoms with Crippen LogP contribution in [0.4, 0.5) is 0 Å². The Kier molecular flexibility index (Phi) is 5.50. The van der Waals surface area contributed by atoms with E-state index in [1.165, 1.54) is 11.8 Å². The number of halogens is 1. The lowest BCUT2D eigenvalue weighted by Crippen LogP contribution is -2.19. The van der Waals surface area contributed by atoms with Crippen molar-refractivity contribution in [3.63, 3.8) is 0 Å². The molecule has 1 unspecified atom stereocenters. The molecule has 0 fully saturated rings. The summed E-state index contributed by atoms with van der Waals surface area (Å²) in [4.78, 5) is 11.3. The highest BCUT2D eigenvalue weighted by Gasteiger charge is 2.18. The van der Waals surface area contributed by atoms with Crippen LogP contribution in [-0.4, -0.2) is 16.3 Å². The third kappa shape index (κ3) is 4.58. The zero-order valence-corrected chi connectivity index (χ0v) is 12.4. The Morgan fingerprint density at radius 2 is 1.70 bits per heavy atom. The molecule has 0 saturated carbocycles. The van der Waals surface area contributed by atoms with Crippen molar-refractivity contribution in [1.29, 1.82) is 0 Å². The number of rotatable bonds is 6. The molecule has 4 heteroatoms. The fraction of sp³-hybridized carbons (Fsp3) is 0.188. The van der Waals surface area contributed by atoms with Crippen LogP contribution in [0, 0.1) is 0 Å². The van der Waals surface area contributed by atoms with Crippen molar-refractivity contribution in [1.82, 2.24) is 0 Å². The van der Waals surface area contributed by atoms with Crippen molar-refractivity contribution < 1.29 is 9.90 Å². The molecule has 0 heterocycles. The molecule has 0 aliphatic carbocycles. The van der Waals surface area contributed by atoms with Crippen molar-refractivity contribution in [3.05, 3.63) is 70.7 Å². The summed E-state index contributed by atoms with van der Waals surface area (Å²) in [5.74, 6) is -0.103. The van der Waals surface area contributed by atoms with Gasteiger partial charge >= 0.3 is 5.97 Å². The van der Waals surface area contributed by atoms with Gasteiger partial charge in [-0.2, -0.15) is 0 Å². The van der Waals surface area contributed by atoms with Crippen molar-refractivity contribution in [2.24, 2.45) is 0 Å². The fourth-order valence-electron chi connectivity index (χ4n) is 1.82. The third-order valence-corrected chi connectivity index (χ3v) is 4.43. The van der Waals surface area contributed by atoms with Crippen LogP contribution in [0.1, 0.15) is 11.1 Å². The second-order valence-corrected chi connectivity index (χ2v) is 6.08. The highest BCUT2D eigenvalue weighted by molar-refractivity contribution is 7.99. The average molecular weight is 307 g/mol. The normalized spacial score (nSPS) is 12.1. The van der Waals surface area contributed by atoms with Gasteiger partial charge in [0.2, 0.25) is 0 Å². The molecule has 104 valence electrons. The van der Waals surface area contributed by atoms with E-state index in [1.807, 2.05) is 54.6 Å². The molecule has 0 aliphatic heterocycles. The lowest BCUT2D eigenvalue weighted by molar-refractivity contribution is -0.136. The van der Waals surface area contributed by atoms with E-state index in [1.54, 1.807) is 0 Å². The minimum absolute atomic E-state index is 0.437. The maximum Gasteiger partial charge on any atom is 0.316 e. The predicted molar refractivity (Wildman–Crippen MR) is 84.3 cm³/mol. The number of carboxylic acids is 1. The fourth-order valence-corrected chi connectivity index (χ4v) is 2.99. The van der Waals surface area contributed by atoms with Gasteiger partial charge in [-0.25, -0.2) is 0 Å². The summed E-state index contributed by atoms with van der Waals surface area (Å²) in [7, 11) is 0. The number of hydrogen-bond donors (Lipinski definition) is 1. The van der Waals surface area contributed by atoms with Crippen LogP contribution >= 0.6 is 23.4 Å². The van der Waals surface area contributed by atoms with Crippen LogP contribution in [-0.2, 0) is 17.0 Å². The average Bonchev–Trinajstić information content (AvgIpc) is 2.46. The molecule has 0 radical (unpaired) electrons. The van der Waals surface area contributed by atoms with Crippen molar-refractivity contribution >= 4 is 29.3 Å². The van der Waals surface area contributed by atoms with Gasteiger partial charge in [-0.3, -0.25) is 4.79 Å². The van der Waals surface area contributed by atoms with Crippen molar-refractivity contribution in [2.75, 3.05) is 0 Å². The molecule has 2 rings (SSSR count). The van der Waals surface area contributed by atoms with Crippen LogP contribution in [0.3, 0.4) is 0 Å². The number of aliphatic carboxylic acids is 1. The van der Waals surface area contributed by atoms with E-state index in [0.29, 0.717) is 17.2 Å². The van der Waals surface area contributed by atoms with Gasteiger partial charge < -0.3 is 5.11 Å². The van der Waals surface area contributed by atoms with Gasteiger partial charge in [0.25, 0.3) is 0 Å². The SMILES string of the molecule is O=C(O)C(Cc1ccccc1)SCc1ccc(Cl)cc1. The second-order valence-electron chi connectivity index (χ2n) is 4.45. The molecule has 0 aromatic heterocycles. The van der Waals surface area contributed by atoms with E-state index in [-0.39, 0.29) is 0 Å². The molecule has 2 aromatic carbocycles. The van der Waals surface area contributed by atoms with Crippen LogP contribution in [0.25, 0.3) is 0 Å². The van der Waals surface area contributed by atoms with Crippen LogP contribution < -0.4 is 0 Å². The highest BCUT2D eigenvalue weighted by atomic mass is 35.5. The smallest absolute Gasteiger partial charge is 0.316 e. The molecule has 0 saturated heterocycles. The van der Waals surface area contributed by atoms with Gasteiger partial charge in [0.15, 0.2) is 0 Å². The molecular formula is C16H15ClO2S. The van der Waals surface area contributed by atoms with Gasteiger partial charge in [0.1, 0.15) is 5.25 Å². The molecule has 1 N–H and O–H groups in total. The quantitative estimate of drug-likeness (QED) is 0.866. The maximum absolute atomic E-state index is 11.3. The van der Waals surface area contributed by atoms with Crippen LogP contribution in [0.5, 0.6) is 0 Å². The maximum atomic E-state index is 11.3. The Labute approximate surface area is 127 Å². The molecule has 20 heavy (non-hydrogen) atoms. The Hall–Kier alpha value is -1.45. The zero-order chi connectivity index (χ0) is 14.4. The predicted octanol–water partition coefficient (Wildman–Crippen LogP) is 4.27. The second kappa shape index (κ2) is 7.36. The minimum atomic E-state index is -0.771. The molecule has 2 nitrogen and oxygen atoms in total.